The van der Waals surface area contributed by atoms with E-state index in [0.29, 0.717) is 12.0 Å². The topological polar surface area (TPSA) is 28.2 Å². The molecule has 0 saturated carbocycles. The predicted octanol–water partition coefficient (Wildman–Crippen LogP) is 3.58. The number of rotatable bonds is 6. The first kappa shape index (κ1) is 15.9. The second-order valence-corrected chi connectivity index (χ2v) is 7.41. The third-order valence-corrected chi connectivity index (χ3v) is 5.33. The van der Waals surface area contributed by atoms with Crippen molar-refractivity contribution in [3.63, 3.8) is 0 Å². The van der Waals surface area contributed by atoms with Crippen LogP contribution in [0.25, 0.3) is 0 Å². The van der Waals surface area contributed by atoms with E-state index in [9.17, 15) is 0 Å². The maximum atomic E-state index is 4.94. The van der Waals surface area contributed by atoms with Crippen molar-refractivity contribution < 1.29 is 0 Å². The smallest absolute Gasteiger partial charge is 0.114 e. The standard InChI is InChI=1S/C16H29N3S/c1-6-8-17-16(7-9-19(11-16)13(4)5)15-18-14(10-20-15)12(2)3/h10,12-13,17H,6-9,11H2,1-5H3. The summed E-state index contributed by atoms with van der Waals surface area (Å²) in [5.74, 6) is 0.519. The third kappa shape index (κ3) is 3.23. The Kier molecular flexibility index (Phi) is 5.21. The van der Waals surface area contributed by atoms with E-state index in [1.165, 1.54) is 30.1 Å². The molecule has 20 heavy (non-hydrogen) atoms. The van der Waals surface area contributed by atoms with Crippen molar-refractivity contribution in [1.82, 2.24) is 15.2 Å². The zero-order valence-electron chi connectivity index (χ0n) is 13.6. The normalized spacial score (nSPS) is 24.1. The summed E-state index contributed by atoms with van der Waals surface area (Å²) in [6, 6.07) is 0.616. The van der Waals surface area contributed by atoms with Gasteiger partial charge in [0.2, 0.25) is 0 Å². The Morgan fingerprint density at radius 2 is 2.15 bits per heavy atom. The summed E-state index contributed by atoms with van der Waals surface area (Å²) in [4.78, 5) is 7.51. The molecule has 0 radical (unpaired) electrons. The molecule has 1 aromatic rings. The van der Waals surface area contributed by atoms with E-state index < -0.39 is 0 Å². The molecular formula is C16H29N3S. The molecule has 1 fully saturated rings. The maximum absolute atomic E-state index is 4.94. The van der Waals surface area contributed by atoms with Gasteiger partial charge in [-0.1, -0.05) is 20.8 Å². The van der Waals surface area contributed by atoms with Crippen LogP contribution in [-0.2, 0) is 5.54 Å². The van der Waals surface area contributed by atoms with Gasteiger partial charge in [0.25, 0.3) is 0 Å². The monoisotopic (exact) mass is 295 g/mol. The van der Waals surface area contributed by atoms with Crippen LogP contribution in [0.15, 0.2) is 5.38 Å². The molecule has 1 aliphatic rings. The van der Waals surface area contributed by atoms with E-state index in [4.69, 9.17) is 4.98 Å². The van der Waals surface area contributed by atoms with Crippen molar-refractivity contribution in [3.8, 4) is 0 Å². The lowest BCUT2D eigenvalue weighted by Crippen LogP contribution is -2.46. The van der Waals surface area contributed by atoms with E-state index in [0.717, 1.165) is 13.1 Å². The number of nitrogens with zero attached hydrogens (tertiary/aromatic N) is 2. The van der Waals surface area contributed by atoms with Crippen LogP contribution in [0.5, 0.6) is 0 Å². The largest absolute Gasteiger partial charge is 0.304 e. The molecule has 0 aromatic carbocycles. The fraction of sp³-hybridized carbons (Fsp3) is 0.812. The Balaban J connectivity index is 2.23. The van der Waals surface area contributed by atoms with Gasteiger partial charge in [0.05, 0.1) is 11.2 Å². The van der Waals surface area contributed by atoms with Gasteiger partial charge in [-0.15, -0.1) is 11.3 Å². The average molecular weight is 295 g/mol. The van der Waals surface area contributed by atoms with Crippen LogP contribution < -0.4 is 5.32 Å². The highest BCUT2D eigenvalue weighted by atomic mass is 32.1. The number of aromatic nitrogens is 1. The SMILES string of the molecule is CCCNC1(c2nc(C(C)C)cs2)CCN(C(C)C)C1. The van der Waals surface area contributed by atoms with Crippen molar-refractivity contribution >= 4 is 11.3 Å². The molecular weight excluding hydrogens is 266 g/mol. The molecule has 1 saturated heterocycles. The molecule has 3 nitrogen and oxygen atoms in total. The zero-order chi connectivity index (χ0) is 14.8. The van der Waals surface area contributed by atoms with Gasteiger partial charge in [-0.2, -0.15) is 0 Å². The molecule has 1 aliphatic heterocycles. The molecule has 114 valence electrons. The van der Waals surface area contributed by atoms with Gasteiger partial charge in [0.1, 0.15) is 5.01 Å². The number of hydrogen-bond acceptors (Lipinski definition) is 4. The van der Waals surface area contributed by atoms with Crippen LogP contribution in [-0.4, -0.2) is 35.6 Å². The van der Waals surface area contributed by atoms with Gasteiger partial charge >= 0.3 is 0 Å². The first-order chi connectivity index (χ1) is 9.48. The van der Waals surface area contributed by atoms with Crippen molar-refractivity contribution in [2.24, 2.45) is 0 Å². The summed E-state index contributed by atoms with van der Waals surface area (Å²) in [5.41, 5.74) is 1.32. The van der Waals surface area contributed by atoms with Crippen molar-refractivity contribution in [2.45, 2.75) is 65.0 Å². The molecule has 1 N–H and O–H groups in total. The highest BCUT2D eigenvalue weighted by molar-refractivity contribution is 7.09. The molecule has 0 aliphatic carbocycles. The molecule has 2 heterocycles. The number of hydrogen-bond donors (Lipinski definition) is 1. The molecule has 1 aromatic heterocycles. The molecule has 0 bridgehead atoms. The Hall–Kier alpha value is -0.450. The second-order valence-electron chi connectivity index (χ2n) is 6.56. The Bertz CT molecular complexity index is 427. The summed E-state index contributed by atoms with van der Waals surface area (Å²) < 4.78 is 0. The van der Waals surface area contributed by atoms with Crippen LogP contribution in [0.4, 0.5) is 0 Å². The lowest BCUT2D eigenvalue weighted by molar-refractivity contribution is 0.239. The predicted molar refractivity (Wildman–Crippen MR) is 87.5 cm³/mol. The zero-order valence-corrected chi connectivity index (χ0v) is 14.4. The summed E-state index contributed by atoms with van der Waals surface area (Å²) in [6.07, 6.45) is 2.35. The Morgan fingerprint density at radius 1 is 1.40 bits per heavy atom. The first-order valence-corrected chi connectivity index (χ1v) is 8.81. The maximum Gasteiger partial charge on any atom is 0.114 e. The highest BCUT2D eigenvalue weighted by Gasteiger charge is 2.42. The quantitative estimate of drug-likeness (QED) is 0.869. The number of thiazole rings is 1. The summed E-state index contributed by atoms with van der Waals surface area (Å²) >= 11 is 1.84. The summed E-state index contributed by atoms with van der Waals surface area (Å²) in [6.45, 7) is 14.6. The second kappa shape index (κ2) is 6.54. The van der Waals surface area contributed by atoms with Crippen molar-refractivity contribution in [1.29, 1.82) is 0 Å². The summed E-state index contributed by atoms with van der Waals surface area (Å²) in [7, 11) is 0. The van der Waals surface area contributed by atoms with Crippen LogP contribution in [0.1, 0.15) is 64.1 Å². The molecule has 1 atom stereocenters. The van der Waals surface area contributed by atoms with Gasteiger partial charge in [0.15, 0.2) is 0 Å². The fourth-order valence-electron chi connectivity index (χ4n) is 2.81. The van der Waals surface area contributed by atoms with Gasteiger partial charge in [-0.3, -0.25) is 4.90 Å². The average Bonchev–Trinajstić information content (AvgIpc) is 3.04. The lowest BCUT2D eigenvalue weighted by atomic mass is 9.99. The summed E-state index contributed by atoms with van der Waals surface area (Å²) in [5, 5.41) is 7.34. The fourth-order valence-corrected chi connectivity index (χ4v) is 3.99. The van der Waals surface area contributed by atoms with E-state index >= 15 is 0 Å². The highest BCUT2D eigenvalue weighted by Crippen LogP contribution is 2.36. The van der Waals surface area contributed by atoms with E-state index in [1.807, 2.05) is 11.3 Å². The lowest BCUT2D eigenvalue weighted by Gasteiger charge is -2.30. The molecule has 0 amide bonds. The number of nitrogens with one attached hydrogen (secondary N) is 1. The van der Waals surface area contributed by atoms with E-state index in [-0.39, 0.29) is 5.54 Å². The van der Waals surface area contributed by atoms with Crippen LogP contribution in [0.2, 0.25) is 0 Å². The van der Waals surface area contributed by atoms with Crippen LogP contribution in [0.3, 0.4) is 0 Å². The van der Waals surface area contributed by atoms with Gasteiger partial charge in [-0.05, 0) is 39.2 Å². The molecule has 4 heteroatoms. The Morgan fingerprint density at radius 3 is 2.65 bits per heavy atom. The molecule has 0 spiro atoms. The van der Waals surface area contributed by atoms with Crippen molar-refractivity contribution in [3.05, 3.63) is 16.1 Å². The van der Waals surface area contributed by atoms with Gasteiger partial charge in [-0.25, -0.2) is 4.98 Å². The van der Waals surface area contributed by atoms with E-state index in [1.54, 1.807) is 0 Å². The number of likely N-dealkylation sites (tertiary alicyclic amines) is 1. The van der Waals surface area contributed by atoms with Gasteiger partial charge in [0, 0.05) is 24.5 Å². The minimum atomic E-state index is 0.0814. The van der Waals surface area contributed by atoms with Crippen LogP contribution in [0, 0.1) is 0 Å². The molecule has 1 unspecified atom stereocenters. The minimum absolute atomic E-state index is 0.0814. The molecule has 2 rings (SSSR count). The Labute approximate surface area is 127 Å². The van der Waals surface area contributed by atoms with Gasteiger partial charge < -0.3 is 5.32 Å². The first-order valence-electron chi connectivity index (χ1n) is 7.93. The van der Waals surface area contributed by atoms with Crippen LogP contribution >= 0.6 is 11.3 Å². The third-order valence-electron chi connectivity index (χ3n) is 4.27. The minimum Gasteiger partial charge on any atom is -0.304 e. The van der Waals surface area contributed by atoms with E-state index in [2.05, 4.69) is 50.2 Å². The van der Waals surface area contributed by atoms with Crippen molar-refractivity contribution in [2.75, 3.05) is 19.6 Å².